The summed E-state index contributed by atoms with van der Waals surface area (Å²) in [5.74, 6) is 0. The maximum atomic E-state index is 9.68. The lowest BCUT2D eigenvalue weighted by Crippen LogP contribution is -2.63. The van der Waals surface area contributed by atoms with Gasteiger partial charge in [0, 0.05) is 13.2 Å². The van der Waals surface area contributed by atoms with Crippen LogP contribution in [0.2, 0.25) is 0 Å². The Labute approximate surface area is 95.5 Å². The van der Waals surface area contributed by atoms with E-state index in [1.54, 1.807) is 0 Å². The van der Waals surface area contributed by atoms with Crippen LogP contribution in [-0.2, 0) is 9.47 Å². The Hall–Kier alpha value is -0.240. The Morgan fingerprint density at radius 1 is 1.31 bits per heavy atom. The Bertz CT molecular complexity index is 203. The summed E-state index contributed by atoms with van der Waals surface area (Å²) >= 11 is 0. The van der Waals surface area contributed by atoms with Crippen molar-refractivity contribution in [3.8, 4) is 0 Å². The molecule has 0 aromatic carbocycles. The van der Waals surface area contributed by atoms with Crippen LogP contribution in [0, 0.1) is 0 Å². The Morgan fingerprint density at radius 2 is 2.00 bits per heavy atom. The first-order chi connectivity index (χ1) is 7.61. The molecule has 0 spiro atoms. The second-order valence-corrected chi connectivity index (χ2v) is 4.06. The maximum absolute atomic E-state index is 9.68. The minimum atomic E-state index is -1.06. The Balaban J connectivity index is 2.50. The highest BCUT2D eigenvalue weighted by atomic mass is 16.7. The van der Waals surface area contributed by atoms with Gasteiger partial charge in [0.2, 0.25) is 0 Å². The van der Waals surface area contributed by atoms with Crippen LogP contribution in [0.3, 0.4) is 0 Å². The predicted molar refractivity (Wildman–Crippen MR) is 58.6 cm³/mol. The van der Waals surface area contributed by atoms with Crippen LogP contribution < -0.4 is 11.5 Å². The first kappa shape index (κ1) is 13.8. The molecule has 0 unspecified atom stereocenters. The molecule has 0 amide bonds. The molecule has 1 fully saturated rings. The SMILES string of the molecule is CCCCO[C@@H]1O[C@H](CN)[C@@H](O)[C@H](O)[C@H]1N. The van der Waals surface area contributed by atoms with E-state index in [9.17, 15) is 10.2 Å². The van der Waals surface area contributed by atoms with Gasteiger partial charge in [0.1, 0.15) is 18.3 Å². The van der Waals surface area contributed by atoms with Gasteiger partial charge < -0.3 is 31.2 Å². The molecule has 0 saturated carbocycles. The first-order valence-electron chi connectivity index (χ1n) is 5.70. The van der Waals surface area contributed by atoms with Crippen molar-refractivity contribution in [2.24, 2.45) is 11.5 Å². The van der Waals surface area contributed by atoms with E-state index in [4.69, 9.17) is 20.9 Å². The Morgan fingerprint density at radius 3 is 2.56 bits per heavy atom. The average molecular weight is 234 g/mol. The van der Waals surface area contributed by atoms with E-state index >= 15 is 0 Å². The molecule has 6 heteroatoms. The molecule has 6 N–H and O–H groups in total. The van der Waals surface area contributed by atoms with Crippen LogP contribution in [0.4, 0.5) is 0 Å². The van der Waals surface area contributed by atoms with Gasteiger partial charge in [-0.15, -0.1) is 0 Å². The normalized spacial score (nSPS) is 39.9. The Kier molecular flexibility index (Phi) is 5.60. The van der Waals surface area contributed by atoms with Crippen molar-refractivity contribution < 1.29 is 19.7 Å². The number of aliphatic hydroxyl groups is 2. The molecule has 0 bridgehead atoms. The molecule has 1 heterocycles. The third kappa shape index (κ3) is 3.13. The molecule has 16 heavy (non-hydrogen) atoms. The predicted octanol–water partition coefficient (Wildman–Crippen LogP) is -1.46. The molecule has 1 aliphatic heterocycles. The molecule has 0 aromatic heterocycles. The summed E-state index contributed by atoms with van der Waals surface area (Å²) in [5.41, 5.74) is 11.1. The standard InChI is InChI=1S/C10H22N2O4/c1-2-3-4-15-10-7(12)9(14)8(13)6(5-11)16-10/h6-10,13-14H,2-5,11-12H2,1H3/t6-,7-,8-,9-,10-/m1/s1. The summed E-state index contributed by atoms with van der Waals surface area (Å²) in [6, 6.07) is -0.741. The van der Waals surface area contributed by atoms with Gasteiger partial charge in [-0.3, -0.25) is 0 Å². The average Bonchev–Trinajstić information content (AvgIpc) is 2.29. The molecule has 5 atom stereocenters. The lowest BCUT2D eigenvalue weighted by Gasteiger charge is -2.40. The summed E-state index contributed by atoms with van der Waals surface area (Å²) in [5, 5.41) is 19.3. The van der Waals surface area contributed by atoms with E-state index in [1.807, 2.05) is 6.92 Å². The van der Waals surface area contributed by atoms with E-state index in [0.717, 1.165) is 12.8 Å². The lowest BCUT2D eigenvalue weighted by molar-refractivity contribution is -0.257. The summed E-state index contributed by atoms with van der Waals surface area (Å²) in [6.45, 7) is 2.69. The minimum absolute atomic E-state index is 0.124. The van der Waals surface area contributed by atoms with Crippen molar-refractivity contribution in [2.75, 3.05) is 13.2 Å². The fourth-order valence-electron chi connectivity index (χ4n) is 1.64. The van der Waals surface area contributed by atoms with Gasteiger partial charge in [0.25, 0.3) is 0 Å². The summed E-state index contributed by atoms with van der Waals surface area (Å²) in [7, 11) is 0. The molecule has 96 valence electrons. The quantitative estimate of drug-likeness (QED) is 0.432. The first-order valence-corrected chi connectivity index (χ1v) is 5.70. The van der Waals surface area contributed by atoms with Gasteiger partial charge in [-0.25, -0.2) is 0 Å². The van der Waals surface area contributed by atoms with E-state index in [1.165, 1.54) is 0 Å². The number of rotatable bonds is 5. The third-order valence-electron chi connectivity index (χ3n) is 2.76. The second-order valence-electron chi connectivity index (χ2n) is 4.06. The van der Waals surface area contributed by atoms with Gasteiger partial charge >= 0.3 is 0 Å². The summed E-state index contributed by atoms with van der Waals surface area (Å²) in [4.78, 5) is 0. The molecule has 1 saturated heterocycles. The number of aliphatic hydroxyl groups excluding tert-OH is 2. The number of ether oxygens (including phenoxy) is 2. The van der Waals surface area contributed by atoms with Crippen molar-refractivity contribution in [2.45, 2.75) is 50.4 Å². The topological polar surface area (TPSA) is 111 Å². The monoisotopic (exact) mass is 234 g/mol. The van der Waals surface area contributed by atoms with Crippen LogP contribution in [-0.4, -0.2) is 54.0 Å². The zero-order chi connectivity index (χ0) is 12.1. The summed E-state index contributed by atoms with van der Waals surface area (Å²) in [6.07, 6.45) is -1.52. The fourth-order valence-corrected chi connectivity index (χ4v) is 1.64. The van der Waals surface area contributed by atoms with Gasteiger partial charge in [-0.05, 0) is 6.42 Å². The number of hydrogen-bond donors (Lipinski definition) is 4. The molecule has 0 radical (unpaired) electrons. The number of hydrogen-bond acceptors (Lipinski definition) is 6. The van der Waals surface area contributed by atoms with Crippen molar-refractivity contribution in [3.63, 3.8) is 0 Å². The van der Waals surface area contributed by atoms with Crippen LogP contribution in [0.15, 0.2) is 0 Å². The number of unbranched alkanes of at least 4 members (excludes halogenated alkanes) is 1. The van der Waals surface area contributed by atoms with Crippen molar-refractivity contribution in [3.05, 3.63) is 0 Å². The summed E-state index contributed by atoms with van der Waals surface area (Å²) < 4.78 is 10.8. The third-order valence-corrected chi connectivity index (χ3v) is 2.76. The second kappa shape index (κ2) is 6.48. The maximum Gasteiger partial charge on any atom is 0.175 e. The van der Waals surface area contributed by atoms with Gasteiger partial charge in [0.15, 0.2) is 6.29 Å². The van der Waals surface area contributed by atoms with Gasteiger partial charge in [-0.1, -0.05) is 13.3 Å². The molecular formula is C10H22N2O4. The highest BCUT2D eigenvalue weighted by Crippen LogP contribution is 2.20. The lowest BCUT2D eigenvalue weighted by atomic mass is 9.97. The smallest absolute Gasteiger partial charge is 0.175 e. The van der Waals surface area contributed by atoms with Gasteiger partial charge in [-0.2, -0.15) is 0 Å². The molecule has 1 rings (SSSR count). The van der Waals surface area contributed by atoms with Gasteiger partial charge in [0.05, 0.1) is 6.04 Å². The molecule has 0 aromatic rings. The van der Waals surface area contributed by atoms with Crippen molar-refractivity contribution in [1.29, 1.82) is 0 Å². The molecule has 1 aliphatic rings. The van der Waals surface area contributed by atoms with E-state index in [0.29, 0.717) is 6.61 Å². The molecule has 0 aliphatic carbocycles. The highest BCUT2D eigenvalue weighted by Gasteiger charge is 2.42. The minimum Gasteiger partial charge on any atom is -0.388 e. The molecular weight excluding hydrogens is 212 g/mol. The zero-order valence-electron chi connectivity index (χ0n) is 9.58. The van der Waals surface area contributed by atoms with Crippen molar-refractivity contribution in [1.82, 2.24) is 0 Å². The van der Waals surface area contributed by atoms with E-state index in [2.05, 4.69) is 0 Å². The molecule has 6 nitrogen and oxygen atoms in total. The van der Waals surface area contributed by atoms with Crippen LogP contribution in [0.5, 0.6) is 0 Å². The van der Waals surface area contributed by atoms with Crippen LogP contribution in [0.25, 0.3) is 0 Å². The van der Waals surface area contributed by atoms with E-state index in [-0.39, 0.29) is 6.54 Å². The van der Waals surface area contributed by atoms with Crippen molar-refractivity contribution >= 4 is 0 Å². The zero-order valence-corrected chi connectivity index (χ0v) is 9.58. The van der Waals surface area contributed by atoms with E-state index < -0.39 is 30.6 Å². The number of nitrogens with two attached hydrogens (primary N) is 2. The highest BCUT2D eigenvalue weighted by molar-refractivity contribution is 4.91. The largest absolute Gasteiger partial charge is 0.388 e. The fraction of sp³-hybridized carbons (Fsp3) is 1.00. The van der Waals surface area contributed by atoms with Crippen LogP contribution >= 0.6 is 0 Å². The van der Waals surface area contributed by atoms with Crippen LogP contribution in [0.1, 0.15) is 19.8 Å².